The average molecular weight is 235 g/mol. The Balaban J connectivity index is 1.98. The molecule has 0 spiro atoms. The second-order valence-electron chi connectivity index (χ2n) is 5.30. The van der Waals surface area contributed by atoms with Crippen LogP contribution in [-0.4, -0.2) is 11.5 Å². The first kappa shape index (κ1) is 11.7. The van der Waals surface area contributed by atoms with Gasteiger partial charge in [-0.3, -0.25) is 10.1 Å². The summed E-state index contributed by atoms with van der Waals surface area (Å²) >= 11 is 0. The van der Waals surface area contributed by atoms with E-state index >= 15 is 0 Å². The standard InChI is InChI=1S/C12H17N3O2/c1-12(2)6-8(12)7-14-9-3-4-11(15(16)17)10(13)5-9/h3-5,8,14H,6-7,13H2,1-2H3. The van der Waals surface area contributed by atoms with E-state index in [1.54, 1.807) is 12.1 Å². The van der Waals surface area contributed by atoms with E-state index in [1.807, 2.05) is 0 Å². The second kappa shape index (κ2) is 3.91. The van der Waals surface area contributed by atoms with E-state index in [0.717, 1.165) is 12.2 Å². The van der Waals surface area contributed by atoms with Gasteiger partial charge in [-0.05, 0) is 29.9 Å². The largest absolute Gasteiger partial charge is 0.393 e. The number of nitro groups is 1. The maximum absolute atomic E-state index is 10.6. The SMILES string of the molecule is CC1(C)CC1CNc1ccc([N+](=O)[O-])c(N)c1. The van der Waals surface area contributed by atoms with E-state index in [9.17, 15) is 10.1 Å². The Morgan fingerprint density at radius 2 is 2.24 bits per heavy atom. The molecule has 1 aliphatic rings. The number of nitrogens with zero attached hydrogens (tertiary/aromatic N) is 1. The number of nitrogens with two attached hydrogens (primary N) is 1. The summed E-state index contributed by atoms with van der Waals surface area (Å²) in [5.74, 6) is 0.680. The Morgan fingerprint density at radius 3 is 2.71 bits per heavy atom. The van der Waals surface area contributed by atoms with Crippen molar-refractivity contribution in [1.29, 1.82) is 0 Å². The van der Waals surface area contributed by atoms with Crippen molar-refractivity contribution in [2.24, 2.45) is 11.3 Å². The molecule has 1 atom stereocenters. The minimum Gasteiger partial charge on any atom is -0.393 e. The lowest BCUT2D eigenvalue weighted by atomic mass is 10.1. The molecule has 0 aromatic heterocycles. The molecule has 0 radical (unpaired) electrons. The maximum atomic E-state index is 10.6. The van der Waals surface area contributed by atoms with E-state index in [2.05, 4.69) is 19.2 Å². The van der Waals surface area contributed by atoms with Crippen LogP contribution in [0.5, 0.6) is 0 Å². The van der Waals surface area contributed by atoms with Crippen LogP contribution in [0.4, 0.5) is 17.1 Å². The molecule has 1 unspecified atom stereocenters. The highest BCUT2D eigenvalue weighted by Crippen LogP contribution is 2.51. The summed E-state index contributed by atoms with van der Waals surface area (Å²) in [4.78, 5) is 10.1. The zero-order chi connectivity index (χ0) is 12.6. The lowest BCUT2D eigenvalue weighted by molar-refractivity contribution is -0.383. The Labute approximate surface area is 100 Å². The predicted molar refractivity (Wildman–Crippen MR) is 67.9 cm³/mol. The summed E-state index contributed by atoms with van der Waals surface area (Å²) < 4.78 is 0. The molecule has 0 aliphatic heterocycles. The van der Waals surface area contributed by atoms with Crippen molar-refractivity contribution in [3.63, 3.8) is 0 Å². The van der Waals surface area contributed by atoms with Gasteiger partial charge in [-0.15, -0.1) is 0 Å². The zero-order valence-corrected chi connectivity index (χ0v) is 10.1. The molecule has 17 heavy (non-hydrogen) atoms. The van der Waals surface area contributed by atoms with Crippen LogP contribution in [0.25, 0.3) is 0 Å². The van der Waals surface area contributed by atoms with Crippen LogP contribution < -0.4 is 11.1 Å². The summed E-state index contributed by atoms with van der Waals surface area (Å²) in [5, 5.41) is 13.9. The van der Waals surface area contributed by atoms with Gasteiger partial charge in [-0.25, -0.2) is 0 Å². The van der Waals surface area contributed by atoms with Crippen LogP contribution in [0.2, 0.25) is 0 Å². The highest BCUT2D eigenvalue weighted by atomic mass is 16.6. The molecule has 0 heterocycles. The van der Waals surface area contributed by atoms with Gasteiger partial charge >= 0.3 is 0 Å². The van der Waals surface area contributed by atoms with E-state index in [4.69, 9.17) is 5.73 Å². The minimum atomic E-state index is -0.469. The Morgan fingerprint density at radius 1 is 1.59 bits per heavy atom. The number of nitro benzene ring substituents is 1. The fourth-order valence-corrected chi connectivity index (χ4v) is 2.00. The van der Waals surface area contributed by atoms with Crippen molar-refractivity contribution in [1.82, 2.24) is 0 Å². The van der Waals surface area contributed by atoms with Gasteiger partial charge in [0, 0.05) is 18.3 Å². The molecule has 92 valence electrons. The van der Waals surface area contributed by atoms with Crippen LogP contribution in [0, 0.1) is 21.4 Å². The number of nitrogens with one attached hydrogen (secondary N) is 1. The van der Waals surface area contributed by atoms with Crippen LogP contribution in [0.15, 0.2) is 18.2 Å². The smallest absolute Gasteiger partial charge is 0.292 e. The van der Waals surface area contributed by atoms with Gasteiger partial charge in [0.1, 0.15) is 5.69 Å². The van der Waals surface area contributed by atoms with Gasteiger partial charge in [0.25, 0.3) is 5.69 Å². The molecule has 1 fully saturated rings. The molecular weight excluding hydrogens is 218 g/mol. The summed E-state index contributed by atoms with van der Waals surface area (Å²) in [5.41, 5.74) is 7.05. The van der Waals surface area contributed by atoms with E-state index in [1.165, 1.54) is 12.5 Å². The quantitative estimate of drug-likeness (QED) is 0.477. The van der Waals surface area contributed by atoms with Gasteiger partial charge in [-0.1, -0.05) is 13.8 Å². The summed E-state index contributed by atoms with van der Waals surface area (Å²) in [7, 11) is 0. The second-order valence-corrected chi connectivity index (χ2v) is 5.30. The molecule has 5 nitrogen and oxygen atoms in total. The summed E-state index contributed by atoms with van der Waals surface area (Å²) in [6.07, 6.45) is 1.22. The highest BCUT2D eigenvalue weighted by molar-refractivity contribution is 5.65. The molecule has 0 amide bonds. The fraction of sp³-hybridized carbons (Fsp3) is 0.500. The monoisotopic (exact) mass is 235 g/mol. The van der Waals surface area contributed by atoms with Crippen LogP contribution in [0.1, 0.15) is 20.3 Å². The molecular formula is C12H17N3O2. The van der Waals surface area contributed by atoms with Crippen molar-refractivity contribution in [2.45, 2.75) is 20.3 Å². The lowest BCUT2D eigenvalue weighted by Gasteiger charge is -2.08. The first-order valence-electron chi connectivity index (χ1n) is 5.68. The molecule has 1 aliphatic carbocycles. The number of hydrogen-bond acceptors (Lipinski definition) is 4. The van der Waals surface area contributed by atoms with Gasteiger partial charge in [-0.2, -0.15) is 0 Å². The number of benzene rings is 1. The summed E-state index contributed by atoms with van der Waals surface area (Å²) in [6, 6.07) is 4.76. The number of hydrogen-bond donors (Lipinski definition) is 2. The predicted octanol–water partition coefficient (Wildman–Crippen LogP) is 2.63. The normalized spacial score (nSPS) is 20.9. The van der Waals surface area contributed by atoms with E-state index in [0.29, 0.717) is 11.3 Å². The van der Waals surface area contributed by atoms with Crippen molar-refractivity contribution >= 4 is 17.1 Å². The third-order valence-corrected chi connectivity index (χ3v) is 3.49. The highest BCUT2D eigenvalue weighted by Gasteiger charge is 2.44. The van der Waals surface area contributed by atoms with E-state index in [-0.39, 0.29) is 11.4 Å². The Kier molecular flexibility index (Phi) is 2.69. The molecule has 2 rings (SSSR count). The van der Waals surface area contributed by atoms with Gasteiger partial charge in [0.2, 0.25) is 0 Å². The summed E-state index contributed by atoms with van der Waals surface area (Å²) in [6.45, 7) is 5.37. The van der Waals surface area contributed by atoms with Gasteiger partial charge in [0.05, 0.1) is 4.92 Å². The third-order valence-electron chi connectivity index (χ3n) is 3.49. The fourth-order valence-electron chi connectivity index (χ4n) is 2.00. The molecule has 1 aromatic carbocycles. The number of rotatable bonds is 4. The average Bonchev–Trinajstić information content (AvgIpc) is 2.83. The lowest BCUT2D eigenvalue weighted by Crippen LogP contribution is -2.07. The Hall–Kier alpha value is -1.78. The first-order valence-corrected chi connectivity index (χ1v) is 5.68. The topological polar surface area (TPSA) is 81.2 Å². The molecule has 3 N–H and O–H groups in total. The van der Waals surface area contributed by atoms with Crippen LogP contribution >= 0.6 is 0 Å². The van der Waals surface area contributed by atoms with Crippen molar-refractivity contribution in [2.75, 3.05) is 17.6 Å². The van der Waals surface area contributed by atoms with Gasteiger partial charge in [0.15, 0.2) is 0 Å². The molecule has 1 aromatic rings. The molecule has 5 heteroatoms. The van der Waals surface area contributed by atoms with Crippen LogP contribution in [-0.2, 0) is 0 Å². The number of anilines is 2. The van der Waals surface area contributed by atoms with E-state index < -0.39 is 4.92 Å². The first-order chi connectivity index (χ1) is 7.90. The third kappa shape index (κ3) is 2.49. The maximum Gasteiger partial charge on any atom is 0.292 e. The minimum absolute atomic E-state index is 0.0395. The number of nitrogen functional groups attached to an aromatic ring is 1. The zero-order valence-electron chi connectivity index (χ0n) is 10.1. The van der Waals surface area contributed by atoms with Crippen molar-refractivity contribution in [3.05, 3.63) is 28.3 Å². The Bertz CT molecular complexity index is 457. The van der Waals surface area contributed by atoms with Crippen molar-refractivity contribution in [3.8, 4) is 0 Å². The molecule has 1 saturated carbocycles. The van der Waals surface area contributed by atoms with Gasteiger partial charge < -0.3 is 11.1 Å². The molecule has 0 bridgehead atoms. The van der Waals surface area contributed by atoms with Crippen molar-refractivity contribution < 1.29 is 4.92 Å². The molecule has 0 saturated heterocycles. The van der Waals surface area contributed by atoms with Crippen LogP contribution in [0.3, 0.4) is 0 Å².